The summed E-state index contributed by atoms with van der Waals surface area (Å²) < 4.78 is 14.3. The number of halogens is 2. The molecule has 0 bridgehead atoms. The second-order valence-corrected chi connectivity index (χ2v) is 7.39. The SMILES string of the molecule is CC1=C(c2ccccc2F)C(=O)N(C(C)(C)c2cccc(Cl)c2)C1C. The van der Waals surface area contributed by atoms with E-state index >= 15 is 0 Å². The molecule has 0 radical (unpaired) electrons. The smallest absolute Gasteiger partial charge is 0.255 e. The van der Waals surface area contributed by atoms with Gasteiger partial charge >= 0.3 is 0 Å². The van der Waals surface area contributed by atoms with Gasteiger partial charge < -0.3 is 4.90 Å². The molecule has 0 aliphatic carbocycles. The minimum Gasteiger partial charge on any atom is -0.323 e. The molecular formula is C21H21ClFNO. The van der Waals surface area contributed by atoms with Gasteiger partial charge in [0.05, 0.1) is 17.2 Å². The van der Waals surface area contributed by atoms with Crippen molar-refractivity contribution in [2.24, 2.45) is 0 Å². The summed E-state index contributed by atoms with van der Waals surface area (Å²) in [5.41, 5.74) is 2.07. The number of carbonyl (C=O) groups excluding carboxylic acids is 1. The van der Waals surface area contributed by atoms with Gasteiger partial charge in [-0.05, 0) is 57.0 Å². The average molecular weight is 358 g/mol. The van der Waals surface area contributed by atoms with Crippen LogP contribution in [0.15, 0.2) is 54.1 Å². The molecule has 130 valence electrons. The zero-order valence-electron chi connectivity index (χ0n) is 14.8. The lowest BCUT2D eigenvalue weighted by atomic mass is 9.91. The summed E-state index contributed by atoms with van der Waals surface area (Å²) in [4.78, 5) is 15.1. The third-order valence-corrected chi connectivity index (χ3v) is 5.35. The van der Waals surface area contributed by atoms with Gasteiger partial charge in [-0.2, -0.15) is 0 Å². The normalized spacial score (nSPS) is 18.2. The maximum atomic E-state index is 14.3. The van der Waals surface area contributed by atoms with Crippen molar-refractivity contribution in [2.75, 3.05) is 0 Å². The summed E-state index contributed by atoms with van der Waals surface area (Å²) >= 11 is 6.14. The van der Waals surface area contributed by atoms with Gasteiger partial charge in [-0.15, -0.1) is 0 Å². The maximum absolute atomic E-state index is 14.3. The van der Waals surface area contributed by atoms with Crippen molar-refractivity contribution >= 4 is 23.1 Å². The third kappa shape index (κ3) is 2.87. The first-order valence-corrected chi connectivity index (χ1v) is 8.68. The van der Waals surface area contributed by atoms with Crippen molar-refractivity contribution < 1.29 is 9.18 Å². The van der Waals surface area contributed by atoms with E-state index in [2.05, 4.69) is 0 Å². The van der Waals surface area contributed by atoms with Crippen LogP contribution in [0.2, 0.25) is 5.02 Å². The lowest BCUT2D eigenvalue weighted by Crippen LogP contribution is -2.47. The Labute approximate surface area is 152 Å². The summed E-state index contributed by atoms with van der Waals surface area (Å²) in [7, 11) is 0. The Bertz CT molecular complexity index is 872. The second-order valence-electron chi connectivity index (χ2n) is 6.96. The molecule has 3 rings (SSSR count). The Hall–Kier alpha value is -2.13. The standard InChI is InChI=1S/C21H21ClFNO/c1-13-14(2)24(21(3,4)15-8-7-9-16(22)12-15)20(25)19(13)17-10-5-6-11-18(17)23/h5-12,14H,1-4H3. The molecule has 2 nitrogen and oxygen atoms in total. The molecule has 2 aromatic rings. The van der Waals surface area contributed by atoms with Crippen LogP contribution in [0.4, 0.5) is 4.39 Å². The minimum absolute atomic E-state index is 0.129. The first-order valence-electron chi connectivity index (χ1n) is 8.30. The molecule has 1 amide bonds. The molecule has 0 fully saturated rings. The molecule has 2 aromatic carbocycles. The van der Waals surface area contributed by atoms with E-state index in [4.69, 9.17) is 11.6 Å². The Morgan fingerprint density at radius 1 is 1.12 bits per heavy atom. The molecule has 25 heavy (non-hydrogen) atoms. The van der Waals surface area contributed by atoms with E-state index in [0.717, 1.165) is 11.1 Å². The highest BCUT2D eigenvalue weighted by molar-refractivity contribution is 6.30. The summed E-state index contributed by atoms with van der Waals surface area (Å²) in [6, 6.07) is 13.8. The Kier molecular flexibility index (Phi) is 4.46. The predicted molar refractivity (Wildman–Crippen MR) is 99.8 cm³/mol. The van der Waals surface area contributed by atoms with Gasteiger partial charge in [0.25, 0.3) is 5.91 Å². The van der Waals surface area contributed by atoms with Crippen LogP contribution in [0.3, 0.4) is 0 Å². The van der Waals surface area contributed by atoms with E-state index in [-0.39, 0.29) is 17.8 Å². The number of carbonyl (C=O) groups is 1. The Balaban J connectivity index is 2.07. The van der Waals surface area contributed by atoms with Crippen LogP contribution in [0, 0.1) is 5.82 Å². The van der Waals surface area contributed by atoms with Crippen molar-refractivity contribution in [3.63, 3.8) is 0 Å². The molecule has 0 spiro atoms. The zero-order valence-corrected chi connectivity index (χ0v) is 15.6. The maximum Gasteiger partial charge on any atom is 0.255 e. The van der Waals surface area contributed by atoms with Gasteiger partial charge in [-0.1, -0.05) is 41.9 Å². The number of rotatable bonds is 3. The largest absolute Gasteiger partial charge is 0.323 e. The quantitative estimate of drug-likeness (QED) is 0.718. The summed E-state index contributed by atoms with van der Waals surface area (Å²) in [5.74, 6) is -0.528. The molecule has 0 aromatic heterocycles. The number of benzene rings is 2. The zero-order chi connectivity index (χ0) is 18.4. The van der Waals surface area contributed by atoms with Crippen LogP contribution in [0.5, 0.6) is 0 Å². The van der Waals surface area contributed by atoms with Gasteiger partial charge in [0, 0.05) is 10.6 Å². The summed E-state index contributed by atoms with van der Waals surface area (Å²) in [6.07, 6.45) is 0. The third-order valence-electron chi connectivity index (χ3n) is 5.12. The fourth-order valence-corrected chi connectivity index (χ4v) is 3.80. The summed E-state index contributed by atoms with van der Waals surface area (Å²) in [6.45, 7) is 7.86. The molecule has 0 saturated heterocycles. The van der Waals surface area contributed by atoms with E-state index in [1.165, 1.54) is 6.07 Å². The highest BCUT2D eigenvalue weighted by Crippen LogP contribution is 2.41. The Morgan fingerprint density at radius 3 is 2.44 bits per heavy atom. The van der Waals surface area contributed by atoms with Crippen LogP contribution >= 0.6 is 11.6 Å². The monoisotopic (exact) mass is 357 g/mol. The highest BCUT2D eigenvalue weighted by atomic mass is 35.5. The number of nitrogens with zero attached hydrogens (tertiary/aromatic N) is 1. The van der Waals surface area contributed by atoms with Gasteiger partial charge in [0.1, 0.15) is 5.82 Å². The van der Waals surface area contributed by atoms with E-state index in [1.807, 2.05) is 56.9 Å². The fraction of sp³-hybridized carbons (Fsp3) is 0.286. The molecule has 1 aliphatic heterocycles. The van der Waals surface area contributed by atoms with Gasteiger partial charge in [-0.25, -0.2) is 4.39 Å². The molecule has 1 unspecified atom stereocenters. The van der Waals surface area contributed by atoms with Crippen molar-refractivity contribution in [1.82, 2.24) is 4.90 Å². The number of hydrogen-bond donors (Lipinski definition) is 0. The van der Waals surface area contributed by atoms with E-state index in [1.54, 1.807) is 18.2 Å². The van der Waals surface area contributed by atoms with E-state index in [0.29, 0.717) is 16.2 Å². The van der Waals surface area contributed by atoms with Gasteiger partial charge in [0.2, 0.25) is 0 Å². The van der Waals surface area contributed by atoms with E-state index in [9.17, 15) is 9.18 Å². The number of amides is 1. The molecule has 0 saturated carbocycles. The molecule has 4 heteroatoms. The second kappa shape index (κ2) is 6.30. The van der Waals surface area contributed by atoms with Crippen molar-refractivity contribution in [3.05, 3.63) is 76.1 Å². The Morgan fingerprint density at radius 2 is 1.80 bits per heavy atom. The number of hydrogen-bond acceptors (Lipinski definition) is 1. The van der Waals surface area contributed by atoms with Crippen molar-refractivity contribution in [2.45, 2.75) is 39.3 Å². The van der Waals surface area contributed by atoms with Gasteiger partial charge in [-0.3, -0.25) is 4.79 Å². The first kappa shape index (κ1) is 17.7. The lowest BCUT2D eigenvalue weighted by Gasteiger charge is -2.40. The minimum atomic E-state index is -0.574. The fourth-order valence-electron chi connectivity index (χ4n) is 3.61. The van der Waals surface area contributed by atoms with Crippen LogP contribution in [0.25, 0.3) is 5.57 Å². The molecular weight excluding hydrogens is 337 g/mol. The molecule has 1 aliphatic rings. The highest BCUT2D eigenvalue weighted by Gasteiger charge is 2.44. The molecule has 1 heterocycles. The first-order chi connectivity index (χ1) is 11.7. The average Bonchev–Trinajstić information content (AvgIpc) is 2.78. The molecule has 0 N–H and O–H groups in total. The van der Waals surface area contributed by atoms with Crippen LogP contribution < -0.4 is 0 Å². The molecule has 1 atom stereocenters. The topological polar surface area (TPSA) is 20.3 Å². The van der Waals surface area contributed by atoms with E-state index < -0.39 is 5.54 Å². The van der Waals surface area contributed by atoms with Gasteiger partial charge in [0.15, 0.2) is 0 Å². The van der Waals surface area contributed by atoms with Crippen molar-refractivity contribution in [3.8, 4) is 0 Å². The van der Waals surface area contributed by atoms with Crippen LogP contribution in [-0.4, -0.2) is 16.8 Å². The van der Waals surface area contributed by atoms with Crippen molar-refractivity contribution in [1.29, 1.82) is 0 Å². The van der Waals surface area contributed by atoms with Crippen LogP contribution in [-0.2, 0) is 10.3 Å². The van der Waals surface area contributed by atoms with Crippen LogP contribution in [0.1, 0.15) is 38.8 Å². The lowest BCUT2D eigenvalue weighted by molar-refractivity contribution is -0.130. The summed E-state index contributed by atoms with van der Waals surface area (Å²) in [5, 5.41) is 0.629. The predicted octanol–water partition coefficient (Wildman–Crippen LogP) is 5.42.